The number of rotatable bonds is 18. The van der Waals surface area contributed by atoms with E-state index in [-0.39, 0.29) is 30.7 Å². The molecule has 1 unspecified atom stereocenters. The Balaban J connectivity index is 3.41. The average molecular weight is 373 g/mol. The number of carbonyl (C=O) groups excluding carboxylic acids is 2. The highest BCUT2D eigenvalue weighted by molar-refractivity contribution is 5.77. The van der Waals surface area contributed by atoms with Gasteiger partial charge in [0.1, 0.15) is 0 Å². The fraction of sp³-hybridized carbons (Fsp3) is 0.905. The van der Waals surface area contributed by atoms with Crippen molar-refractivity contribution in [2.24, 2.45) is 5.92 Å². The van der Waals surface area contributed by atoms with Gasteiger partial charge in [0.2, 0.25) is 0 Å². The van der Waals surface area contributed by atoms with Crippen molar-refractivity contribution in [1.29, 1.82) is 0 Å². The van der Waals surface area contributed by atoms with Crippen molar-refractivity contribution in [3.05, 3.63) is 0 Å². The van der Waals surface area contributed by atoms with Crippen molar-refractivity contribution in [3.8, 4) is 0 Å². The standard InChI is InChI=1S/C21H40O5/c1-4-5-6-7-8-9-10-11-12-16-25-20(22)13-14-21(23)26-18-19(2)15-17-24-3/h19H,4-18H2,1-3H3. The summed E-state index contributed by atoms with van der Waals surface area (Å²) in [6.45, 7) is 5.72. The number of methoxy groups -OCH3 is 1. The van der Waals surface area contributed by atoms with E-state index in [1.807, 2.05) is 6.92 Å². The number of hydrogen-bond acceptors (Lipinski definition) is 5. The van der Waals surface area contributed by atoms with Crippen molar-refractivity contribution >= 4 is 11.9 Å². The van der Waals surface area contributed by atoms with Crippen LogP contribution in [0.1, 0.15) is 90.9 Å². The third-order valence-electron chi connectivity index (χ3n) is 4.39. The molecule has 0 heterocycles. The summed E-state index contributed by atoms with van der Waals surface area (Å²) in [5, 5.41) is 0. The summed E-state index contributed by atoms with van der Waals surface area (Å²) in [6.07, 6.45) is 12.2. The molecule has 0 saturated carbocycles. The van der Waals surface area contributed by atoms with Gasteiger partial charge in [0.05, 0.1) is 26.1 Å². The summed E-state index contributed by atoms with van der Waals surface area (Å²) >= 11 is 0. The van der Waals surface area contributed by atoms with Gasteiger partial charge in [-0.05, 0) is 18.8 Å². The Kier molecular flexibility index (Phi) is 17.9. The Morgan fingerprint density at radius 3 is 1.88 bits per heavy atom. The van der Waals surface area contributed by atoms with Crippen LogP contribution < -0.4 is 0 Å². The zero-order valence-electron chi connectivity index (χ0n) is 17.2. The number of hydrogen-bond donors (Lipinski definition) is 0. The van der Waals surface area contributed by atoms with Crippen molar-refractivity contribution < 1.29 is 23.8 Å². The van der Waals surface area contributed by atoms with Crippen molar-refractivity contribution in [2.75, 3.05) is 26.9 Å². The SMILES string of the molecule is CCCCCCCCCCCOC(=O)CCC(=O)OCC(C)CCOC. The molecule has 5 heteroatoms. The maximum Gasteiger partial charge on any atom is 0.306 e. The van der Waals surface area contributed by atoms with Gasteiger partial charge in [0.15, 0.2) is 0 Å². The Hall–Kier alpha value is -1.10. The van der Waals surface area contributed by atoms with Crippen LogP contribution in [0.4, 0.5) is 0 Å². The smallest absolute Gasteiger partial charge is 0.306 e. The molecular formula is C21H40O5. The van der Waals surface area contributed by atoms with Gasteiger partial charge in [-0.1, -0.05) is 65.2 Å². The van der Waals surface area contributed by atoms with Crippen molar-refractivity contribution in [1.82, 2.24) is 0 Å². The molecule has 26 heavy (non-hydrogen) atoms. The maximum atomic E-state index is 11.6. The number of esters is 2. The Labute approximate surface area is 160 Å². The van der Waals surface area contributed by atoms with E-state index in [1.54, 1.807) is 7.11 Å². The molecule has 0 aromatic heterocycles. The topological polar surface area (TPSA) is 61.8 Å². The van der Waals surface area contributed by atoms with Gasteiger partial charge in [-0.2, -0.15) is 0 Å². The predicted octanol–water partition coefficient (Wildman–Crippen LogP) is 5.06. The number of unbranched alkanes of at least 4 members (excludes halogenated alkanes) is 8. The molecule has 0 rings (SSSR count). The van der Waals surface area contributed by atoms with Crippen molar-refractivity contribution in [3.63, 3.8) is 0 Å². The molecule has 0 aliphatic carbocycles. The molecule has 0 bridgehead atoms. The van der Waals surface area contributed by atoms with Crippen LogP contribution >= 0.6 is 0 Å². The van der Waals surface area contributed by atoms with Crippen LogP contribution in [0.3, 0.4) is 0 Å². The van der Waals surface area contributed by atoms with E-state index in [4.69, 9.17) is 14.2 Å². The third kappa shape index (κ3) is 17.7. The minimum Gasteiger partial charge on any atom is -0.466 e. The molecule has 0 aliphatic rings. The molecule has 0 amide bonds. The predicted molar refractivity (Wildman–Crippen MR) is 104 cm³/mol. The molecule has 0 aromatic carbocycles. The summed E-state index contributed by atoms with van der Waals surface area (Å²) in [5.41, 5.74) is 0. The maximum absolute atomic E-state index is 11.6. The molecule has 0 radical (unpaired) electrons. The first kappa shape index (κ1) is 24.9. The lowest BCUT2D eigenvalue weighted by atomic mass is 10.1. The summed E-state index contributed by atoms with van der Waals surface area (Å²) in [5.74, 6) is -0.388. The lowest BCUT2D eigenvalue weighted by Crippen LogP contribution is -2.15. The highest BCUT2D eigenvalue weighted by atomic mass is 16.5. The second-order valence-corrected chi connectivity index (χ2v) is 7.12. The molecule has 0 N–H and O–H groups in total. The van der Waals surface area contributed by atoms with Crippen LogP contribution in [-0.4, -0.2) is 38.9 Å². The van der Waals surface area contributed by atoms with Gasteiger partial charge in [0.25, 0.3) is 0 Å². The van der Waals surface area contributed by atoms with E-state index in [1.165, 1.54) is 44.9 Å². The minimum atomic E-state index is -0.339. The molecular weight excluding hydrogens is 332 g/mol. The quantitative estimate of drug-likeness (QED) is 0.249. The van der Waals surface area contributed by atoms with Gasteiger partial charge >= 0.3 is 11.9 Å². The Morgan fingerprint density at radius 2 is 1.31 bits per heavy atom. The zero-order chi connectivity index (χ0) is 19.5. The van der Waals surface area contributed by atoms with Crippen LogP contribution in [0, 0.1) is 5.92 Å². The zero-order valence-corrected chi connectivity index (χ0v) is 17.2. The van der Waals surface area contributed by atoms with Crippen LogP contribution in [0.5, 0.6) is 0 Å². The summed E-state index contributed by atoms with van der Waals surface area (Å²) < 4.78 is 15.3. The average Bonchev–Trinajstić information content (AvgIpc) is 2.64. The van der Waals surface area contributed by atoms with E-state index in [0.29, 0.717) is 19.8 Å². The Bertz CT molecular complexity index is 343. The molecule has 0 saturated heterocycles. The molecule has 5 nitrogen and oxygen atoms in total. The largest absolute Gasteiger partial charge is 0.466 e. The molecule has 0 aromatic rings. The van der Waals surface area contributed by atoms with E-state index < -0.39 is 0 Å². The first-order valence-electron chi connectivity index (χ1n) is 10.4. The van der Waals surface area contributed by atoms with E-state index >= 15 is 0 Å². The van der Waals surface area contributed by atoms with E-state index in [9.17, 15) is 9.59 Å². The first-order chi connectivity index (χ1) is 12.6. The first-order valence-corrected chi connectivity index (χ1v) is 10.4. The summed E-state index contributed by atoms with van der Waals surface area (Å²) in [6, 6.07) is 0. The third-order valence-corrected chi connectivity index (χ3v) is 4.39. The lowest BCUT2D eigenvalue weighted by molar-refractivity contribution is -0.151. The molecule has 0 spiro atoms. The fourth-order valence-electron chi connectivity index (χ4n) is 2.58. The lowest BCUT2D eigenvalue weighted by Gasteiger charge is -2.11. The van der Waals surface area contributed by atoms with Crippen LogP contribution in [0.25, 0.3) is 0 Å². The van der Waals surface area contributed by atoms with Gasteiger partial charge in [-0.3, -0.25) is 9.59 Å². The molecule has 0 fully saturated rings. The minimum absolute atomic E-state index is 0.0909. The Morgan fingerprint density at radius 1 is 0.769 bits per heavy atom. The van der Waals surface area contributed by atoms with Gasteiger partial charge in [0, 0.05) is 13.7 Å². The molecule has 1 atom stereocenters. The van der Waals surface area contributed by atoms with Crippen molar-refractivity contribution in [2.45, 2.75) is 90.9 Å². The van der Waals surface area contributed by atoms with E-state index in [2.05, 4.69) is 6.92 Å². The van der Waals surface area contributed by atoms with E-state index in [0.717, 1.165) is 19.3 Å². The monoisotopic (exact) mass is 372 g/mol. The van der Waals surface area contributed by atoms with Gasteiger partial charge in [-0.15, -0.1) is 0 Å². The normalized spacial score (nSPS) is 12.0. The highest BCUT2D eigenvalue weighted by Crippen LogP contribution is 2.10. The second kappa shape index (κ2) is 18.7. The van der Waals surface area contributed by atoms with Crippen LogP contribution in [-0.2, 0) is 23.8 Å². The number of carbonyl (C=O) groups is 2. The van der Waals surface area contributed by atoms with Crippen LogP contribution in [0.15, 0.2) is 0 Å². The highest BCUT2D eigenvalue weighted by Gasteiger charge is 2.11. The molecule has 154 valence electrons. The summed E-state index contributed by atoms with van der Waals surface area (Å²) in [7, 11) is 1.65. The van der Waals surface area contributed by atoms with Crippen LogP contribution in [0.2, 0.25) is 0 Å². The molecule has 0 aliphatic heterocycles. The van der Waals surface area contributed by atoms with Gasteiger partial charge in [-0.25, -0.2) is 0 Å². The van der Waals surface area contributed by atoms with Gasteiger partial charge < -0.3 is 14.2 Å². The second-order valence-electron chi connectivity index (χ2n) is 7.12. The summed E-state index contributed by atoms with van der Waals surface area (Å²) in [4.78, 5) is 23.2. The fourth-order valence-corrected chi connectivity index (χ4v) is 2.58. The number of ether oxygens (including phenoxy) is 3.